The van der Waals surface area contributed by atoms with Gasteiger partial charge < -0.3 is 9.84 Å². The lowest BCUT2D eigenvalue weighted by Gasteiger charge is -2.19. The van der Waals surface area contributed by atoms with E-state index >= 15 is 0 Å². The Morgan fingerprint density at radius 1 is 1.33 bits per heavy atom. The van der Waals surface area contributed by atoms with Crippen LogP contribution in [0.1, 0.15) is 31.1 Å². The Labute approximate surface area is 107 Å². The summed E-state index contributed by atoms with van der Waals surface area (Å²) in [5, 5.41) is 8.95. The number of hydrogen-bond donors (Lipinski definition) is 2. The molecule has 0 saturated carbocycles. The Hall–Kier alpha value is -1.59. The number of hydroxylamine groups is 1. The van der Waals surface area contributed by atoms with Crippen LogP contribution in [0, 0.1) is 0 Å². The zero-order valence-electron chi connectivity index (χ0n) is 10.9. The number of rotatable bonds is 6. The fourth-order valence-electron chi connectivity index (χ4n) is 1.24. The van der Waals surface area contributed by atoms with Gasteiger partial charge in [-0.05, 0) is 32.9 Å². The summed E-state index contributed by atoms with van der Waals surface area (Å²) in [6.45, 7) is 6.60. The van der Waals surface area contributed by atoms with Crippen LogP contribution < -0.4 is 10.2 Å². The number of nitrogens with one attached hydrogen (secondary N) is 1. The summed E-state index contributed by atoms with van der Waals surface area (Å²) in [4.78, 5) is 16.2. The smallest absolute Gasteiger partial charge is 0.339 e. The Morgan fingerprint density at radius 2 is 2.00 bits per heavy atom. The minimum atomic E-state index is -0.996. The highest BCUT2D eigenvalue weighted by atomic mass is 16.7. The lowest BCUT2D eigenvalue weighted by molar-refractivity contribution is -0.0749. The van der Waals surface area contributed by atoms with Gasteiger partial charge in [0.1, 0.15) is 17.9 Å². The van der Waals surface area contributed by atoms with Crippen LogP contribution in [-0.4, -0.2) is 29.8 Å². The second kappa shape index (κ2) is 6.37. The van der Waals surface area contributed by atoms with Crippen molar-refractivity contribution in [3.05, 3.63) is 29.8 Å². The van der Waals surface area contributed by atoms with Gasteiger partial charge in [-0.2, -0.15) is 5.48 Å². The van der Waals surface area contributed by atoms with Crippen molar-refractivity contribution < 1.29 is 19.5 Å². The molecular formula is C13H19NO4. The van der Waals surface area contributed by atoms with Crippen LogP contribution in [0.3, 0.4) is 0 Å². The number of carbonyl (C=O) groups is 1. The maximum atomic E-state index is 10.9. The third kappa shape index (κ3) is 5.16. The summed E-state index contributed by atoms with van der Waals surface area (Å²) < 4.78 is 5.39. The minimum Gasteiger partial charge on any atom is -0.491 e. The number of carboxylic acid groups (broad SMARTS) is 1. The van der Waals surface area contributed by atoms with Crippen molar-refractivity contribution in [3.63, 3.8) is 0 Å². The quantitative estimate of drug-likeness (QED) is 0.600. The predicted octanol–water partition coefficient (Wildman–Crippen LogP) is 2.08. The van der Waals surface area contributed by atoms with Crippen molar-refractivity contribution in [1.29, 1.82) is 0 Å². The van der Waals surface area contributed by atoms with E-state index in [4.69, 9.17) is 14.7 Å². The van der Waals surface area contributed by atoms with Gasteiger partial charge in [0.25, 0.3) is 0 Å². The van der Waals surface area contributed by atoms with Crippen LogP contribution in [-0.2, 0) is 4.84 Å². The molecule has 0 radical (unpaired) electrons. The molecule has 0 aliphatic carbocycles. The third-order valence-electron chi connectivity index (χ3n) is 1.96. The molecule has 0 fully saturated rings. The minimum absolute atomic E-state index is 0.161. The van der Waals surface area contributed by atoms with Gasteiger partial charge in [0.2, 0.25) is 0 Å². The molecule has 18 heavy (non-hydrogen) atoms. The van der Waals surface area contributed by atoms with E-state index in [2.05, 4.69) is 5.48 Å². The number of ether oxygens (including phenoxy) is 1. The van der Waals surface area contributed by atoms with Crippen molar-refractivity contribution in [2.45, 2.75) is 26.4 Å². The van der Waals surface area contributed by atoms with Crippen LogP contribution in [0.25, 0.3) is 0 Å². The number of aromatic carboxylic acids is 1. The van der Waals surface area contributed by atoms with E-state index in [0.717, 1.165) is 0 Å². The predicted molar refractivity (Wildman–Crippen MR) is 67.7 cm³/mol. The van der Waals surface area contributed by atoms with Gasteiger partial charge in [-0.1, -0.05) is 12.1 Å². The van der Waals surface area contributed by atoms with Gasteiger partial charge >= 0.3 is 5.97 Å². The maximum absolute atomic E-state index is 10.9. The highest BCUT2D eigenvalue weighted by Gasteiger charge is 2.11. The molecule has 1 rings (SSSR count). The van der Waals surface area contributed by atoms with Crippen LogP contribution in [0.5, 0.6) is 5.75 Å². The van der Waals surface area contributed by atoms with Crippen molar-refractivity contribution in [2.24, 2.45) is 0 Å². The van der Waals surface area contributed by atoms with Crippen molar-refractivity contribution in [3.8, 4) is 5.75 Å². The fraction of sp³-hybridized carbons (Fsp3) is 0.462. The van der Waals surface area contributed by atoms with Gasteiger partial charge in [0.15, 0.2) is 0 Å². The van der Waals surface area contributed by atoms with E-state index in [9.17, 15) is 4.79 Å². The Bertz CT molecular complexity index is 398. The summed E-state index contributed by atoms with van der Waals surface area (Å²) in [6, 6.07) is 6.54. The van der Waals surface area contributed by atoms with E-state index in [1.54, 1.807) is 18.2 Å². The standard InChI is InChI=1S/C13H19NO4/c1-13(2,3)18-14-8-9-17-11-7-5-4-6-10(11)12(15)16/h4-7,14H,8-9H2,1-3H3,(H,15,16). The van der Waals surface area contributed by atoms with Crippen LogP contribution in [0.4, 0.5) is 0 Å². The van der Waals surface area contributed by atoms with Crippen molar-refractivity contribution in [1.82, 2.24) is 5.48 Å². The van der Waals surface area contributed by atoms with Crippen molar-refractivity contribution >= 4 is 5.97 Å². The van der Waals surface area contributed by atoms with Crippen LogP contribution in [0.15, 0.2) is 24.3 Å². The molecular weight excluding hydrogens is 234 g/mol. The molecule has 1 aromatic rings. The molecule has 2 N–H and O–H groups in total. The molecule has 0 amide bonds. The molecule has 0 aliphatic rings. The Morgan fingerprint density at radius 3 is 2.61 bits per heavy atom. The summed E-state index contributed by atoms with van der Waals surface area (Å²) >= 11 is 0. The monoisotopic (exact) mass is 253 g/mol. The van der Waals surface area contributed by atoms with E-state index in [1.165, 1.54) is 6.07 Å². The lowest BCUT2D eigenvalue weighted by atomic mass is 10.2. The molecule has 1 aromatic carbocycles. The van der Waals surface area contributed by atoms with Crippen LogP contribution in [0.2, 0.25) is 0 Å². The first-order valence-corrected chi connectivity index (χ1v) is 5.76. The molecule has 0 heterocycles. The topological polar surface area (TPSA) is 67.8 Å². The maximum Gasteiger partial charge on any atom is 0.339 e. The molecule has 0 unspecified atom stereocenters. The molecule has 0 spiro atoms. The molecule has 0 atom stereocenters. The summed E-state index contributed by atoms with van der Waals surface area (Å²) in [5.74, 6) is -0.632. The Kier molecular flexibility index (Phi) is 5.12. The molecule has 0 aliphatic heterocycles. The number of carboxylic acids is 1. The zero-order valence-corrected chi connectivity index (χ0v) is 10.9. The fourth-order valence-corrected chi connectivity index (χ4v) is 1.24. The average Bonchev–Trinajstić information content (AvgIpc) is 2.27. The largest absolute Gasteiger partial charge is 0.491 e. The van der Waals surface area contributed by atoms with E-state index in [-0.39, 0.29) is 11.2 Å². The molecule has 0 bridgehead atoms. The van der Waals surface area contributed by atoms with Crippen molar-refractivity contribution in [2.75, 3.05) is 13.2 Å². The third-order valence-corrected chi connectivity index (χ3v) is 1.96. The summed E-state index contributed by atoms with van der Waals surface area (Å²) in [5.41, 5.74) is 2.67. The molecule has 100 valence electrons. The molecule has 0 aromatic heterocycles. The lowest BCUT2D eigenvalue weighted by Crippen LogP contribution is -2.31. The summed E-state index contributed by atoms with van der Waals surface area (Å²) in [6.07, 6.45) is 0. The first-order chi connectivity index (χ1) is 8.40. The van der Waals surface area contributed by atoms with Gasteiger partial charge in [0, 0.05) is 0 Å². The Balaban J connectivity index is 2.38. The van der Waals surface area contributed by atoms with Gasteiger partial charge in [-0.25, -0.2) is 4.79 Å². The molecule has 0 saturated heterocycles. The highest BCUT2D eigenvalue weighted by molar-refractivity contribution is 5.90. The second-order valence-corrected chi connectivity index (χ2v) is 4.76. The normalized spacial score (nSPS) is 11.3. The van der Waals surface area contributed by atoms with Gasteiger partial charge in [-0.3, -0.25) is 4.84 Å². The van der Waals surface area contributed by atoms with E-state index < -0.39 is 5.97 Å². The van der Waals surface area contributed by atoms with E-state index in [0.29, 0.717) is 18.9 Å². The summed E-state index contributed by atoms with van der Waals surface area (Å²) in [7, 11) is 0. The SMILES string of the molecule is CC(C)(C)ONCCOc1ccccc1C(=O)O. The van der Waals surface area contributed by atoms with E-state index in [1.807, 2.05) is 20.8 Å². The second-order valence-electron chi connectivity index (χ2n) is 4.76. The first-order valence-electron chi connectivity index (χ1n) is 5.76. The molecule has 5 heteroatoms. The number of hydrogen-bond acceptors (Lipinski definition) is 4. The van der Waals surface area contributed by atoms with Crippen LogP contribution >= 0.6 is 0 Å². The highest BCUT2D eigenvalue weighted by Crippen LogP contribution is 2.17. The van der Waals surface area contributed by atoms with Gasteiger partial charge in [0.05, 0.1) is 12.1 Å². The number of benzene rings is 1. The zero-order chi connectivity index (χ0) is 13.6. The molecule has 5 nitrogen and oxygen atoms in total. The first kappa shape index (κ1) is 14.5. The average molecular weight is 253 g/mol. The van der Waals surface area contributed by atoms with Gasteiger partial charge in [-0.15, -0.1) is 0 Å². The number of para-hydroxylation sites is 1.